The number of morpholine rings is 1. The normalized spacial score (nSPS) is 18.5. The molecule has 4 nitrogen and oxygen atoms in total. The third-order valence-corrected chi connectivity index (χ3v) is 4.44. The van der Waals surface area contributed by atoms with Crippen molar-refractivity contribution in [2.24, 2.45) is 0 Å². The van der Waals surface area contributed by atoms with E-state index in [9.17, 15) is 4.79 Å². The zero-order chi connectivity index (χ0) is 14.7. The summed E-state index contributed by atoms with van der Waals surface area (Å²) in [5.41, 5.74) is 1.98. The van der Waals surface area contributed by atoms with Gasteiger partial charge in [-0.1, -0.05) is 6.07 Å². The van der Waals surface area contributed by atoms with Gasteiger partial charge in [-0.3, -0.25) is 4.79 Å². The number of hydrogen-bond acceptors (Lipinski definition) is 4. The molecule has 1 N–H and O–H groups in total. The first-order valence-electron chi connectivity index (χ1n) is 7.03. The van der Waals surface area contributed by atoms with Crippen LogP contribution in [0.15, 0.2) is 41.8 Å². The fourth-order valence-corrected chi connectivity index (χ4v) is 3.07. The molecule has 5 heteroatoms. The van der Waals surface area contributed by atoms with E-state index in [4.69, 9.17) is 4.74 Å². The van der Waals surface area contributed by atoms with E-state index < -0.39 is 0 Å². The molecule has 1 amide bonds. The van der Waals surface area contributed by atoms with Crippen LogP contribution in [-0.4, -0.2) is 31.7 Å². The topological polar surface area (TPSA) is 41.6 Å². The van der Waals surface area contributed by atoms with Crippen LogP contribution >= 0.6 is 11.3 Å². The minimum Gasteiger partial charge on any atom is -0.377 e. The highest BCUT2D eigenvalue weighted by Gasteiger charge is 2.18. The van der Waals surface area contributed by atoms with Gasteiger partial charge in [0.25, 0.3) is 5.91 Å². The predicted molar refractivity (Wildman–Crippen MR) is 86.3 cm³/mol. The van der Waals surface area contributed by atoms with E-state index >= 15 is 0 Å². The molecule has 0 aliphatic carbocycles. The van der Waals surface area contributed by atoms with Crippen molar-refractivity contribution in [1.29, 1.82) is 0 Å². The Kier molecular flexibility index (Phi) is 4.22. The van der Waals surface area contributed by atoms with Gasteiger partial charge in [-0.25, -0.2) is 0 Å². The van der Waals surface area contributed by atoms with Gasteiger partial charge in [0.15, 0.2) is 0 Å². The maximum Gasteiger partial charge on any atom is 0.265 e. The van der Waals surface area contributed by atoms with Crippen LogP contribution in [0.1, 0.15) is 16.6 Å². The van der Waals surface area contributed by atoms with Crippen molar-refractivity contribution in [3.05, 3.63) is 46.7 Å². The standard InChI is InChI=1S/C16H18N2O2S/c1-12-11-20-9-8-18(12)14-6-4-13(5-7-14)17-16(19)15-3-2-10-21-15/h2-7,10,12H,8-9,11H2,1H3,(H,17,19). The van der Waals surface area contributed by atoms with E-state index in [1.54, 1.807) is 0 Å². The summed E-state index contributed by atoms with van der Waals surface area (Å²) in [6, 6.07) is 12.1. The number of anilines is 2. The number of nitrogens with one attached hydrogen (secondary N) is 1. The fourth-order valence-electron chi connectivity index (χ4n) is 2.45. The lowest BCUT2D eigenvalue weighted by atomic mass is 10.2. The number of ether oxygens (including phenoxy) is 1. The largest absolute Gasteiger partial charge is 0.377 e. The number of amides is 1. The fraction of sp³-hybridized carbons (Fsp3) is 0.312. The van der Waals surface area contributed by atoms with Crippen molar-refractivity contribution in [2.75, 3.05) is 30.0 Å². The number of carbonyl (C=O) groups excluding carboxylic acids is 1. The Morgan fingerprint density at radius 2 is 2.14 bits per heavy atom. The Bertz CT molecular complexity index is 595. The molecule has 3 rings (SSSR count). The van der Waals surface area contributed by atoms with Gasteiger partial charge in [-0.05, 0) is 42.6 Å². The van der Waals surface area contributed by atoms with Crippen molar-refractivity contribution in [3.63, 3.8) is 0 Å². The molecular weight excluding hydrogens is 284 g/mol. The average Bonchev–Trinajstić information content (AvgIpc) is 3.03. The van der Waals surface area contributed by atoms with Gasteiger partial charge in [-0.2, -0.15) is 0 Å². The summed E-state index contributed by atoms with van der Waals surface area (Å²) in [6.07, 6.45) is 0. The Morgan fingerprint density at radius 3 is 2.81 bits per heavy atom. The van der Waals surface area contributed by atoms with Crippen molar-refractivity contribution >= 4 is 28.6 Å². The first kappa shape index (κ1) is 14.1. The molecule has 1 aromatic carbocycles. The molecule has 1 aliphatic rings. The van der Waals surface area contributed by atoms with Crippen molar-refractivity contribution in [1.82, 2.24) is 0 Å². The second kappa shape index (κ2) is 6.28. The number of carbonyl (C=O) groups is 1. The molecule has 1 atom stereocenters. The summed E-state index contributed by atoms with van der Waals surface area (Å²) >= 11 is 1.44. The summed E-state index contributed by atoms with van der Waals surface area (Å²) in [5, 5.41) is 4.81. The Balaban J connectivity index is 1.68. The molecule has 21 heavy (non-hydrogen) atoms. The quantitative estimate of drug-likeness (QED) is 0.946. The first-order valence-corrected chi connectivity index (χ1v) is 7.91. The molecular formula is C16H18N2O2S. The molecule has 1 aliphatic heterocycles. The van der Waals surface area contributed by atoms with E-state index in [-0.39, 0.29) is 5.91 Å². The Labute approximate surface area is 128 Å². The zero-order valence-corrected chi connectivity index (χ0v) is 12.7. The van der Waals surface area contributed by atoms with Gasteiger partial charge in [0, 0.05) is 24.0 Å². The van der Waals surface area contributed by atoms with E-state index in [1.165, 1.54) is 17.0 Å². The molecule has 0 saturated carbocycles. The number of benzene rings is 1. The second-order valence-corrected chi connectivity index (χ2v) is 6.04. The van der Waals surface area contributed by atoms with E-state index in [1.807, 2.05) is 41.8 Å². The first-order chi connectivity index (χ1) is 10.2. The van der Waals surface area contributed by atoms with E-state index in [2.05, 4.69) is 17.1 Å². The van der Waals surface area contributed by atoms with Gasteiger partial charge < -0.3 is 15.0 Å². The molecule has 110 valence electrons. The van der Waals surface area contributed by atoms with Crippen LogP contribution in [0.2, 0.25) is 0 Å². The number of rotatable bonds is 3. The van der Waals surface area contributed by atoms with Crippen LogP contribution in [0.25, 0.3) is 0 Å². The highest BCUT2D eigenvalue weighted by Crippen LogP contribution is 2.22. The smallest absolute Gasteiger partial charge is 0.265 e. The SMILES string of the molecule is CC1COCCN1c1ccc(NC(=O)c2cccs2)cc1. The van der Waals surface area contributed by atoms with Crippen LogP contribution in [0.4, 0.5) is 11.4 Å². The van der Waals surface area contributed by atoms with Gasteiger partial charge >= 0.3 is 0 Å². The van der Waals surface area contributed by atoms with Crippen LogP contribution in [0.3, 0.4) is 0 Å². The highest BCUT2D eigenvalue weighted by atomic mass is 32.1. The predicted octanol–water partition coefficient (Wildman–Crippen LogP) is 3.23. The summed E-state index contributed by atoms with van der Waals surface area (Å²) in [5.74, 6) is -0.0579. The Hall–Kier alpha value is -1.85. The number of thiophene rings is 1. The molecule has 2 heterocycles. The lowest BCUT2D eigenvalue weighted by Gasteiger charge is -2.35. The average molecular weight is 302 g/mol. The van der Waals surface area contributed by atoms with E-state index in [0.717, 1.165) is 30.3 Å². The number of hydrogen-bond donors (Lipinski definition) is 1. The molecule has 0 spiro atoms. The second-order valence-electron chi connectivity index (χ2n) is 5.10. The van der Waals surface area contributed by atoms with Gasteiger partial charge in [-0.15, -0.1) is 11.3 Å². The molecule has 0 bridgehead atoms. The molecule has 1 aromatic heterocycles. The summed E-state index contributed by atoms with van der Waals surface area (Å²) < 4.78 is 5.45. The maximum atomic E-state index is 12.0. The zero-order valence-electron chi connectivity index (χ0n) is 11.9. The van der Waals surface area contributed by atoms with Crippen molar-refractivity contribution in [2.45, 2.75) is 13.0 Å². The van der Waals surface area contributed by atoms with Gasteiger partial charge in [0.1, 0.15) is 0 Å². The van der Waals surface area contributed by atoms with Crippen LogP contribution < -0.4 is 10.2 Å². The molecule has 0 radical (unpaired) electrons. The van der Waals surface area contributed by atoms with Gasteiger partial charge in [0.05, 0.1) is 18.1 Å². The summed E-state index contributed by atoms with van der Waals surface area (Å²) in [6.45, 7) is 4.59. The Morgan fingerprint density at radius 1 is 1.33 bits per heavy atom. The van der Waals surface area contributed by atoms with Gasteiger partial charge in [0.2, 0.25) is 0 Å². The number of nitrogens with zero attached hydrogens (tertiary/aromatic N) is 1. The third kappa shape index (κ3) is 3.25. The highest BCUT2D eigenvalue weighted by molar-refractivity contribution is 7.12. The van der Waals surface area contributed by atoms with Crippen LogP contribution in [-0.2, 0) is 4.74 Å². The van der Waals surface area contributed by atoms with Crippen molar-refractivity contribution in [3.8, 4) is 0 Å². The lowest BCUT2D eigenvalue weighted by molar-refractivity contribution is 0.0989. The molecule has 1 saturated heterocycles. The maximum absolute atomic E-state index is 12.0. The monoisotopic (exact) mass is 302 g/mol. The van der Waals surface area contributed by atoms with E-state index in [0.29, 0.717) is 6.04 Å². The minimum atomic E-state index is -0.0579. The minimum absolute atomic E-state index is 0.0579. The molecule has 2 aromatic rings. The summed E-state index contributed by atoms with van der Waals surface area (Å²) in [7, 11) is 0. The third-order valence-electron chi connectivity index (χ3n) is 3.57. The van der Waals surface area contributed by atoms with Crippen LogP contribution in [0, 0.1) is 0 Å². The van der Waals surface area contributed by atoms with Crippen molar-refractivity contribution < 1.29 is 9.53 Å². The lowest BCUT2D eigenvalue weighted by Crippen LogP contribution is -2.43. The summed E-state index contributed by atoms with van der Waals surface area (Å²) in [4.78, 5) is 15.0. The molecule has 1 unspecified atom stereocenters. The van der Waals surface area contributed by atoms with Crippen LogP contribution in [0.5, 0.6) is 0 Å². The molecule has 1 fully saturated rings.